The highest BCUT2D eigenvalue weighted by Gasteiger charge is 2.05. The Balaban J connectivity index is 2.76. The van der Waals surface area contributed by atoms with E-state index in [2.05, 4.69) is 5.32 Å². The van der Waals surface area contributed by atoms with Crippen molar-refractivity contribution in [1.29, 1.82) is 0 Å². The minimum Gasteiger partial charge on any atom is -0.399 e. The van der Waals surface area contributed by atoms with Crippen LogP contribution in [0, 0.1) is 0 Å². The molecule has 0 spiro atoms. The van der Waals surface area contributed by atoms with Gasteiger partial charge in [0.1, 0.15) is 0 Å². The van der Waals surface area contributed by atoms with Crippen molar-refractivity contribution in [2.75, 3.05) is 5.73 Å². The molecule has 1 amide bonds. The fourth-order valence-electron chi connectivity index (χ4n) is 1.22. The smallest absolute Gasteiger partial charge is 0.217 e. The van der Waals surface area contributed by atoms with E-state index < -0.39 is 0 Å². The third-order valence-corrected chi connectivity index (χ3v) is 1.83. The first-order valence-electron chi connectivity index (χ1n) is 4.22. The molecule has 0 aliphatic carbocycles. The zero-order valence-corrected chi connectivity index (χ0v) is 7.87. The third kappa shape index (κ3) is 2.78. The number of carbonyl (C=O) groups is 1. The summed E-state index contributed by atoms with van der Waals surface area (Å²) < 4.78 is 0. The summed E-state index contributed by atoms with van der Waals surface area (Å²) in [6.45, 7) is 3.43. The number of benzene rings is 1. The average molecular weight is 178 g/mol. The van der Waals surface area contributed by atoms with E-state index in [0.29, 0.717) is 0 Å². The van der Waals surface area contributed by atoms with Crippen molar-refractivity contribution in [2.24, 2.45) is 0 Å². The lowest BCUT2D eigenvalue weighted by Gasteiger charge is -2.12. The predicted molar refractivity (Wildman–Crippen MR) is 53.1 cm³/mol. The lowest BCUT2D eigenvalue weighted by Crippen LogP contribution is -2.23. The number of amides is 1. The number of nitrogens with two attached hydrogens (primary N) is 1. The SMILES string of the molecule is CC(=O)NC(C)c1cccc(N)c1. The van der Waals surface area contributed by atoms with Gasteiger partial charge in [0.2, 0.25) is 5.91 Å². The molecule has 3 heteroatoms. The van der Waals surface area contributed by atoms with Crippen LogP contribution in [0.4, 0.5) is 5.69 Å². The monoisotopic (exact) mass is 178 g/mol. The maximum absolute atomic E-state index is 10.8. The molecule has 0 saturated carbocycles. The summed E-state index contributed by atoms with van der Waals surface area (Å²) in [5, 5.41) is 2.79. The minimum atomic E-state index is -0.0325. The summed E-state index contributed by atoms with van der Waals surface area (Å²) in [6.07, 6.45) is 0. The van der Waals surface area contributed by atoms with Gasteiger partial charge in [-0.25, -0.2) is 0 Å². The Bertz CT molecular complexity index is 310. The molecule has 0 aromatic heterocycles. The Labute approximate surface area is 77.9 Å². The van der Waals surface area contributed by atoms with Gasteiger partial charge in [-0.3, -0.25) is 4.79 Å². The van der Waals surface area contributed by atoms with Gasteiger partial charge in [0.25, 0.3) is 0 Å². The molecule has 0 heterocycles. The first kappa shape index (κ1) is 9.58. The first-order chi connectivity index (χ1) is 6.09. The van der Waals surface area contributed by atoms with Crippen molar-refractivity contribution in [3.05, 3.63) is 29.8 Å². The van der Waals surface area contributed by atoms with E-state index in [0.717, 1.165) is 11.3 Å². The molecule has 3 nitrogen and oxygen atoms in total. The molecular formula is C10H14N2O. The van der Waals surface area contributed by atoms with Crippen LogP contribution in [-0.2, 0) is 4.79 Å². The Morgan fingerprint density at radius 2 is 2.23 bits per heavy atom. The lowest BCUT2D eigenvalue weighted by molar-refractivity contribution is -0.119. The van der Waals surface area contributed by atoms with Gasteiger partial charge >= 0.3 is 0 Å². The molecule has 1 rings (SSSR count). The second kappa shape index (κ2) is 3.94. The van der Waals surface area contributed by atoms with E-state index in [-0.39, 0.29) is 11.9 Å². The molecule has 13 heavy (non-hydrogen) atoms. The van der Waals surface area contributed by atoms with E-state index in [1.165, 1.54) is 6.92 Å². The molecule has 0 saturated heterocycles. The van der Waals surface area contributed by atoms with Crippen molar-refractivity contribution >= 4 is 11.6 Å². The summed E-state index contributed by atoms with van der Waals surface area (Å²) in [5.41, 5.74) is 7.36. The van der Waals surface area contributed by atoms with Gasteiger partial charge in [-0.1, -0.05) is 12.1 Å². The maximum Gasteiger partial charge on any atom is 0.217 e. The number of hydrogen-bond donors (Lipinski definition) is 2. The number of rotatable bonds is 2. The van der Waals surface area contributed by atoms with Gasteiger partial charge in [0.05, 0.1) is 6.04 Å². The van der Waals surface area contributed by atoms with Crippen molar-refractivity contribution in [3.63, 3.8) is 0 Å². The molecule has 1 aromatic carbocycles. The highest BCUT2D eigenvalue weighted by molar-refractivity contribution is 5.73. The summed E-state index contributed by atoms with van der Waals surface area (Å²) in [5.74, 6) is -0.0325. The van der Waals surface area contributed by atoms with Gasteiger partial charge in [-0.05, 0) is 24.6 Å². The van der Waals surface area contributed by atoms with Crippen molar-refractivity contribution in [1.82, 2.24) is 5.32 Å². The molecule has 0 aliphatic rings. The molecular weight excluding hydrogens is 164 g/mol. The fourth-order valence-corrected chi connectivity index (χ4v) is 1.22. The topological polar surface area (TPSA) is 55.1 Å². The van der Waals surface area contributed by atoms with Gasteiger partial charge in [0, 0.05) is 12.6 Å². The normalized spacial score (nSPS) is 12.2. The van der Waals surface area contributed by atoms with E-state index in [1.54, 1.807) is 0 Å². The van der Waals surface area contributed by atoms with E-state index in [4.69, 9.17) is 5.73 Å². The fraction of sp³-hybridized carbons (Fsp3) is 0.300. The van der Waals surface area contributed by atoms with Gasteiger partial charge < -0.3 is 11.1 Å². The van der Waals surface area contributed by atoms with Crippen LogP contribution in [0.3, 0.4) is 0 Å². The zero-order chi connectivity index (χ0) is 9.84. The molecule has 0 fully saturated rings. The third-order valence-electron chi connectivity index (χ3n) is 1.83. The summed E-state index contributed by atoms with van der Waals surface area (Å²) in [6, 6.07) is 7.52. The molecule has 1 unspecified atom stereocenters. The van der Waals surface area contributed by atoms with Crippen LogP contribution < -0.4 is 11.1 Å². The number of carbonyl (C=O) groups excluding carboxylic acids is 1. The molecule has 70 valence electrons. The zero-order valence-electron chi connectivity index (χ0n) is 7.87. The van der Waals surface area contributed by atoms with Crippen molar-refractivity contribution < 1.29 is 4.79 Å². The van der Waals surface area contributed by atoms with Crippen LogP contribution in [0.5, 0.6) is 0 Å². The Hall–Kier alpha value is -1.51. The Kier molecular flexibility index (Phi) is 2.90. The van der Waals surface area contributed by atoms with Gasteiger partial charge in [-0.2, -0.15) is 0 Å². The first-order valence-corrected chi connectivity index (χ1v) is 4.22. The average Bonchev–Trinajstić information content (AvgIpc) is 2.03. The van der Waals surface area contributed by atoms with Crippen molar-refractivity contribution in [3.8, 4) is 0 Å². The summed E-state index contributed by atoms with van der Waals surface area (Å²) in [4.78, 5) is 10.8. The van der Waals surface area contributed by atoms with Gasteiger partial charge in [-0.15, -0.1) is 0 Å². The standard InChI is InChI=1S/C10H14N2O/c1-7(12-8(2)13)9-4-3-5-10(11)6-9/h3-7H,11H2,1-2H3,(H,12,13). The highest BCUT2D eigenvalue weighted by Crippen LogP contribution is 2.14. The van der Waals surface area contributed by atoms with Gasteiger partial charge in [0.15, 0.2) is 0 Å². The second-order valence-corrected chi connectivity index (χ2v) is 3.09. The van der Waals surface area contributed by atoms with E-state index in [1.807, 2.05) is 31.2 Å². The molecule has 0 radical (unpaired) electrons. The number of nitrogens with one attached hydrogen (secondary N) is 1. The largest absolute Gasteiger partial charge is 0.399 e. The van der Waals surface area contributed by atoms with Crippen LogP contribution in [0.2, 0.25) is 0 Å². The minimum absolute atomic E-state index is 0.0148. The number of anilines is 1. The molecule has 3 N–H and O–H groups in total. The van der Waals surface area contributed by atoms with Crippen LogP contribution in [0.15, 0.2) is 24.3 Å². The predicted octanol–water partition coefficient (Wildman–Crippen LogP) is 1.47. The number of nitrogen functional groups attached to an aromatic ring is 1. The molecule has 0 bridgehead atoms. The second-order valence-electron chi connectivity index (χ2n) is 3.09. The van der Waals surface area contributed by atoms with E-state index in [9.17, 15) is 4.79 Å². The molecule has 1 atom stereocenters. The quantitative estimate of drug-likeness (QED) is 0.674. The Morgan fingerprint density at radius 3 is 2.77 bits per heavy atom. The summed E-state index contributed by atoms with van der Waals surface area (Å²) >= 11 is 0. The van der Waals surface area contributed by atoms with Crippen LogP contribution in [0.25, 0.3) is 0 Å². The molecule has 1 aromatic rings. The van der Waals surface area contributed by atoms with Crippen LogP contribution >= 0.6 is 0 Å². The van der Waals surface area contributed by atoms with Crippen LogP contribution in [0.1, 0.15) is 25.5 Å². The van der Waals surface area contributed by atoms with E-state index >= 15 is 0 Å². The Morgan fingerprint density at radius 1 is 1.54 bits per heavy atom. The van der Waals surface area contributed by atoms with Crippen molar-refractivity contribution in [2.45, 2.75) is 19.9 Å². The molecule has 0 aliphatic heterocycles. The highest BCUT2D eigenvalue weighted by atomic mass is 16.1. The number of hydrogen-bond acceptors (Lipinski definition) is 2. The summed E-state index contributed by atoms with van der Waals surface area (Å²) in [7, 11) is 0. The van der Waals surface area contributed by atoms with Crippen LogP contribution in [-0.4, -0.2) is 5.91 Å². The lowest BCUT2D eigenvalue weighted by atomic mass is 10.1. The maximum atomic E-state index is 10.8.